The summed E-state index contributed by atoms with van der Waals surface area (Å²) in [5.74, 6) is 0. The maximum absolute atomic E-state index is 6.23. The Balaban J connectivity index is 2.73. The van der Waals surface area contributed by atoms with Crippen LogP contribution in [0.15, 0.2) is 30.5 Å². The molecule has 0 fully saturated rings. The fourth-order valence-corrected chi connectivity index (χ4v) is 2.27. The topological polar surface area (TPSA) is 20.7 Å². The Morgan fingerprint density at radius 2 is 1.88 bits per heavy atom. The van der Waals surface area contributed by atoms with Crippen LogP contribution in [0.4, 0.5) is 0 Å². The number of hydrogen-bond acceptors (Lipinski definition) is 1. The Labute approximate surface area is 111 Å². The van der Waals surface area contributed by atoms with Gasteiger partial charge in [-0.1, -0.05) is 44.5 Å². The molecule has 0 atom stereocenters. The molecule has 0 aliphatic carbocycles. The zero-order chi connectivity index (χ0) is 12.6. The average molecular weight is 267 g/mol. The van der Waals surface area contributed by atoms with E-state index in [0.29, 0.717) is 9.79 Å². The smallest absolute Gasteiger partial charge is 0.182 e. The van der Waals surface area contributed by atoms with Crippen molar-refractivity contribution < 1.29 is 0 Å². The molecule has 90 valence electrons. The van der Waals surface area contributed by atoms with Crippen molar-refractivity contribution in [1.82, 2.24) is 9.55 Å². The Morgan fingerprint density at radius 3 is 2.47 bits per heavy atom. The molecule has 0 aliphatic heterocycles. The van der Waals surface area contributed by atoms with Gasteiger partial charge in [0.05, 0.1) is 10.7 Å². The lowest BCUT2D eigenvalue weighted by molar-refractivity contribution is 0.556. The van der Waals surface area contributed by atoms with Crippen molar-refractivity contribution in [2.75, 3.05) is 0 Å². The van der Waals surface area contributed by atoms with Crippen molar-refractivity contribution in [3.8, 4) is 5.69 Å². The van der Waals surface area contributed by atoms with Crippen LogP contribution in [0.2, 0.25) is 5.02 Å². The number of H-pyrrole nitrogens is 1. The third kappa shape index (κ3) is 2.31. The van der Waals surface area contributed by atoms with E-state index in [9.17, 15) is 0 Å². The average Bonchev–Trinajstić information content (AvgIpc) is 2.60. The highest BCUT2D eigenvalue weighted by molar-refractivity contribution is 7.71. The number of nitrogens with one attached hydrogen (secondary N) is 1. The third-order valence-electron chi connectivity index (χ3n) is 2.64. The van der Waals surface area contributed by atoms with Crippen molar-refractivity contribution >= 4 is 23.8 Å². The first-order valence-corrected chi connectivity index (χ1v) is 6.25. The Hall–Kier alpha value is -1.06. The fourth-order valence-electron chi connectivity index (χ4n) is 1.79. The molecule has 0 aliphatic rings. The molecule has 0 saturated carbocycles. The van der Waals surface area contributed by atoms with E-state index < -0.39 is 0 Å². The van der Waals surface area contributed by atoms with E-state index >= 15 is 0 Å². The number of hydrogen-bond donors (Lipinski definition) is 1. The van der Waals surface area contributed by atoms with Gasteiger partial charge in [-0.3, -0.25) is 4.57 Å². The van der Waals surface area contributed by atoms with E-state index in [1.807, 2.05) is 35.0 Å². The van der Waals surface area contributed by atoms with Gasteiger partial charge in [0.1, 0.15) is 0 Å². The van der Waals surface area contributed by atoms with Gasteiger partial charge < -0.3 is 4.98 Å². The molecule has 0 spiro atoms. The van der Waals surface area contributed by atoms with Crippen LogP contribution in [0.25, 0.3) is 5.69 Å². The first-order chi connectivity index (χ1) is 7.91. The summed E-state index contributed by atoms with van der Waals surface area (Å²) in [5, 5.41) is 0.703. The SMILES string of the molecule is CC(C)(C)c1c[nH]c(=S)n1-c1ccccc1Cl. The molecule has 2 aromatic rings. The van der Waals surface area contributed by atoms with Gasteiger partial charge in [-0.25, -0.2) is 0 Å². The van der Waals surface area contributed by atoms with Crippen LogP contribution in [0.1, 0.15) is 26.5 Å². The van der Waals surface area contributed by atoms with Crippen LogP contribution in [0, 0.1) is 4.77 Å². The summed E-state index contributed by atoms with van der Waals surface area (Å²) in [7, 11) is 0. The maximum Gasteiger partial charge on any atom is 0.182 e. The molecule has 17 heavy (non-hydrogen) atoms. The molecule has 0 bridgehead atoms. The van der Waals surface area contributed by atoms with Crippen LogP contribution in [-0.4, -0.2) is 9.55 Å². The second kappa shape index (κ2) is 4.31. The minimum atomic E-state index is 0.00668. The molecule has 0 saturated heterocycles. The third-order valence-corrected chi connectivity index (χ3v) is 3.26. The quantitative estimate of drug-likeness (QED) is 0.755. The highest BCUT2D eigenvalue weighted by atomic mass is 35.5. The predicted molar refractivity (Wildman–Crippen MR) is 74.7 cm³/mol. The van der Waals surface area contributed by atoms with E-state index in [-0.39, 0.29) is 5.41 Å². The number of aromatic nitrogens is 2. The summed E-state index contributed by atoms with van der Waals surface area (Å²) in [4.78, 5) is 3.09. The van der Waals surface area contributed by atoms with Gasteiger partial charge in [-0.2, -0.15) is 0 Å². The molecule has 2 nitrogen and oxygen atoms in total. The summed E-state index contributed by atoms with van der Waals surface area (Å²) in [6, 6.07) is 7.72. The van der Waals surface area contributed by atoms with Crippen molar-refractivity contribution in [2.45, 2.75) is 26.2 Å². The monoisotopic (exact) mass is 266 g/mol. The number of aromatic amines is 1. The van der Waals surface area contributed by atoms with Gasteiger partial charge in [0.25, 0.3) is 0 Å². The number of nitrogens with zero attached hydrogens (tertiary/aromatic N) is 1. The fraction of sp³-hybridized carbons (Fsp3) is 0.308. The lowest BCUT2D eigenvalue weighted by Crippen LogP contribution is -2.16. The number of imidazole rings is 1. The zero-order valence-corrected chi connectivity index (χ0v) is 11.7. The van der Waals surface area contributed by atoms with Crippen molar-refractivity contribution in [2.24, 2.45) is 0 Å². The lowest BCUT2D eigenvalue weighted by Gasteiger charge is -2.21. The Bertz CT molecular complexity index is 590. The molecular weight excluding hydrogens is 252 g/mol. The maximum atomic E-state index is 6.23. The normalized spacial score (nSPS) is 11.8. The van der Waals surface area contributed by atoms with E-state index in [1.165, 1.54) is 0 Å². The lowest BCUT2D eigenvalue weighted by atomic mass is 9.92. The first-order valence-electron chi connectivity index (χ1n) is 5.47. The zero-order valence-electron chi connectivity index (χ0n) is 10.1. The first kappa shape index (κ1) is 12.4. The molecule has 1 heterocycles. The molecule has 0 amide bonds. The van der Waals surface area contributed by atoms with Crippen LogP contribution < -0.4 is 0 Å². The van der Waals surface area contributed by atoms with Crippen molar-refractivity contribution in [3.63, 3.8) is 0 Å². The van der Waals surface area contributed by atoms with Gasteiger partial charge >= 0.3 is 0 Å². The highest BCUT2D eigenvalue weighted by Gasteiger charge is 2.20. The summed E-state index contributed by atoms with van der Waals surface area (Å²) in [6.07, 6.45) is 1.95. The van der Waals surface area contributed by atoms with E-state index in [1.54, 1.807) is 0 Å². The predicted octanol–water partition coefficient (Wildman–Crippen LogP) is 4.49. The second-order valence-corrected chi connectivity index (χ2v) is 5.81. The molecule has 1 aromatic carbocycles. The van der Waals surface area contributed by atoms with Crippen LogP contribution in [-0.2, 0) is 5.41 Å². The van der Waals surface area contributed by atoms with Gasteiger partial charge in [-0.15, -0.1) is 0 Å². The highest BCUT2D eigenvalue weighted by Crippen LogP contribution is 2.28. The largest absolute Gasteiger partial charge is 0.337 e. The van der Waals surface area contributed by atoms with Crippen LogP contribution >= 0.6 is 23.8 Å². The molecule has 1 aromatic heterocycles. The van der Waals surface area contributed by atoms with Gasteiger partial charge in [0.2, 0.25) is 0 Å². The number of para-hydroxylation sites is 1. The Kier molecular flexibility index (Phi) is 3.15. The van der Waals surface area contributed by atoms with Crippen molar-refractivity contribution in [1.29, 1.82) is 0 Å². The Morgan fingerprint density at radius 1 is 1.24 bits per heavy atom. The van der Waals surface area contributed by atoms with Gasteiger partial charge in [0, 0.05) is 17.3 Å². The summed E-state index contributed by atoms with van der Waals surface area (Å²) in [5.41, 5.74) is 2.05. The van der Waals surface area contributed by atoms with Gasteiger partial charge in [0.15, 0.2) is 4.77 Å². The van der Waals surface area contributed by atoms with Crippen LogP contribution in [0.5, 0.6) is 0 Å². The molecule has 0 unspecified atom stereocenters. The van der Waals surface area contributed by atoms with E-state index in [4.69, 9.17) is 23.8 Å². The molecule has 0 radical (unpaired) electrons. The summed E-state index contributed by atoms with van der Waals surface area (Å²) >= 11 is 11.6. The number of benzene rings is 1. The molecular formula is C13H15ClN2S. The summed E-state index contributed by atoms with van der Waals surface area (Å²) in [6.45, 7) is 6.45. The van der Waals surface area contributed by atoms with Crippen LogP contribution in [0.3, 0.4) is 0 Å². The summed E-state index contributed by atoms with van der Waals surface area (Å²) < 4.78 is 2.67. The van der Waals surface area contributed by atoms with E-state index in [2.05, 4.69) is 25.8 Å². The number of rotatable bonds is 1. The molecule has 2 rings (SSSR count). The minimum Gasteiger partial charge on any atom is -0.337 e. The van der Waals surface area contributed by atoms with Gasteiger partial charge in [-0.05, 0) is 24.4 Å². The van der Waals surface area contributed by atoms with Crippen molar-refractivity contribution in [3.05, 3.63) is 45.9 Å². The second-order valence-electron chi connectivity index (χ2n) is 5.02. The minimum absolute atomic E-state index is 0.00668. The standard InChI is InChI=1S/C13H15ClN2S/c1-13(2,3)11-8-15-12(17)16(11)10-7-5-4-6-9(10)14/h4-8H,1-3H3,(H,15,17). The molecule has 1 N–H and O–H groups in total. The molecule has 4 heteroatoms. The number of halogens is 1. The van der Waals surface area contributed by atoms with E-state index in [0.717, 1.165) is 11.4 Å².